The van der Waals surface area contributed by atoms with E-state index in [1.807, 2.05) is 4.90 Å². The molecule has 27 heavy (non-hydrogen) atoms. The Morgan fingerprint density at radius 3 is 2.93 bits per heavy atom. The summed E-state index contributed by atoms with van der Waals surface area (Å²) in [5, 5.41) is 9.51. The standard InChI is InChI=1S/C18H19ClN4O3S/c1-11-4-5-13(19)15(9-11)27(25,26)18-21-14-6-7-20-16(14)17(22-18)23-8-2-3-12(23)10-24/h4-7,9,12,20,24H,2-3,8,10H2,1H3/t12-/m0/s1. The van der Waals surface area contributed by atoms with E-state index in [2.05, 4.69) is 15.0 Å². The minimum Gasteiger partial charge on any atom is -0.394 e. The van der Waals surface area contributed by atoms with Crippen LogP contribution in [0.4, 0.5) is 5.82 Å². The highest BCUT2D eigenvalue weighted by atomic mass is 35.5. The highest BCUT2D eigenvalue weighted by molar-refractivity contribution is 7.91. The van der Waals surface area contributed by atoms with Crippen molar-refractivity contribution in [2.75, 3.05) is 18.1 Å². The van der Waals surface area contributed by atoms with Crippen molar-refractivity contribution in [3.63, 3.8) is 0 Å². The van der Waals surface area contributed by atoms with E-state index in [0.29, 0.717) is 23.4 Å². The number of aromatic amines is 1. The highest BCUT2D eigenvalue weighted by Crippen LogP contribution is 2.33. The largest absolute Gasteiger partial charge is 0.394 e. The zero-order valence-electron chi connectivity index (χ0n) is 14.7. The molecule has 0 spiro atoms. The smallest absolute Gasteiger partial charge is 0.254 e. The predicted molar refractivity (Wildman–Crippen MR) is 103 cm³/mol. The molecule has 1 aliphatic heterocycles. The number of aliphatic hydroxyl groups is 1. The Bertz CT molecular complexity index is 1110. The van der Waals surface area contributed by atoms with E-state index in [1.54, 1.807) is 31.3 Å². The molecule has 1 aromatic carbocycles. The predicted octanol–water partition coefficient (Wildman–Crippen LogP) is 2.71. The lowest BCUT2D eigenvalue weighted by atomic mass is 10.2. The molecule has 142 valence electrons. The number of hydrogen-bond donors (Lipinski definition) is 2. The first kappa shape index (κ1) is 18.2. The van der Waals surface area contributed by atoms with Crippen molar-refractivity contribution in [2.45, 2.75) is 35.9 Å². The van der Waals surface area contributed by atoms with Crippen LogP contribution in [0.5, 0.6) is 0 Å². The maximum Gasteiger partial charge on any atom is 0.254 e. The molecule has 0 aliphatic carbocycles. The summed E-state index contributed by atoms with van der Waals surface area (Å²) in [4.78, 5) is 13.7. The van der Waals surface area contributed by atoms with Gasteiger partial charge in [0.05, 0.1) is 28.1 Å². The zero-order chi connectivity index (χ0) is 19.2. The van der Waals surface area contributed by atoms with Crippen LogP contribution in [0.1, 0.15) is 18.4 Å². The van der Waals surface area contributed by atoms with Gasteiger partial charge in [0.25, 0.3) is 5.16 Å². The molecule has 0 unspecified atom stereocenters. The first-order chi connectivity index (χ1) is 12.9. The molecule has 0 saturated carbocycles. The van der Waals surface area contributed by atoms with E-state index in [4.69, 9.17) is 11.6 Å². The summed E-state index contributed by atoms with van der Waals surface area (Å²) in [6, 6.07) is 6.45. The fourth-order valence-electron chi connectivity index (χ4n) is 3.46. The minimum atomic E-state index is -3.99. The average molecular weight is 407 g/mol. The number of nitrogens with zero attached hydrogens (tertiary/aromatic N) is 3. The van der Waals surface area contributed by atoms with Gasteiger partial charge in [-0.05, 0) is 43.5 Å². The first-order valence-electron chi connectivity index (χ1n) is 8.65. The first-order valence-corrected chi connectivity index (χ1v) is 10.5. The SMILES string of the molecule is Cc1ccc(Cl)c(S(=O)(=O)c2nc(N3CCC[C@H]3CO)c3[nH]ccc3n2)c1. The number of aromatic nitrogens is 3. The van der Waals surface area contributed by atoms with Gasteiger partial charge in [-0.3, -0.25) is 0 Å². The number of anilines is 1. The van der Waals surface area contributed by atoms with Crippen LogP contribution in [-0.2, 0) is 9.84 Å². The number of aliphatic hydroxyl groups excluding tert-OH is 1. The molecule has 1 atom stereocenters. The zero-order valence-corrected chi connectivity index (χ0v) is 16.3. The maximum absolute atomic E-state index is 13.2. The number of hydrogen-bond acceptors (Lipinski definition) is 6. The molecule has 0 bridgehead atoms. The van der Waals surface area contributed by atoms with Crippen molar-refractivity contribution < 1.29 is 13.5 Å². The number of rotatable bonds is 4. The van der Waals surface area contributed by atoms with Crippen LogP contribution in [0.15, 0.2) is 40.5 Å². The third kappa shape index (κ3) is 3.07. The lowest BCUT2D eigenvalue weighted by molar-refractivity contribution is 0.266. The van der Waals surface area contributed by atoms with Gasteiger partial charge in [0.15, 0.2) is 5.82 Å². The number of halogens is 1. The molecular weight excluding hydrogens is 388 g/mol. The van der Waals surface area contributed by atoms with Crippen molar-refractivity contribution >= 4 is 38.3 Å². The Balaban J connectivity index is 1.91. The third-order valence-corrected chi connectivity index (χ3v) is 6.86. The second-order valence-electron chi connectivity index (χ2n) is 6.68. The monoisotopic (exact) mass is 406 g/mol. The van der Waals surface area contributed by atoms with E-state index in [-0.39, 0.29) is 27.7 Å². The van der Waals surface area contributed by atoms with Crippen LogP contribution in [0, 0.1) is 6.92 Å². The fourth-order valence-corrected chi connectivity index (χ4v) is 5.17. The van der Waals surface area contributed by atoms with Gasteiger partial charge in [-0.25, -0.2) is 13.4 Å². The average Bonchev–Trinajstić information content (AvgIpc) is 3.31. The molecule has 0 radical (unpaired) electrons. The maximum atomic E-state index is 13.2. The number of aryl methyl sites for hydroxylation is 1. The van der Waals surface area contributed by atoms with Crippen molar-refractivity contribution in [3.05, 3.63) is 41.0 Å². The lowest BCUT2D eigenvalue weighted by Gasteiger charge is -2.24. The molecular formula is C18H19ClN4O3S. The molecule has 1 fully saturated rings. The quantitative estimate of drug-likeness (QED) is 0.646. The Kier molecular flexibility index (Phi) is 4.57. The Hall–Kier alpha value is -2.16. The molecule has 4 rings (SSSR count). The Morgan fingerprint density at radius 2 is 2.15 bits per heavy atom. The number of sulfone groups is 1. The number of nitrogens with one attached hydrogen (secondary N) is 1. The van der Waals surface area contributed by atoms with E-state index in [9.17, 15) is 13.5 Å². The van der Waals surface area contributed by atoms with Crippen LogP contribution in [0.25, 0.3) is 11.0 Å². The van der Waals surface area contributed by atoms with Gasteiger partial charge in [0.1, 0.15) is 5.52 Å². The van der Waals surface area contributed by atoms with E-state index >= 15 is 0 Å². The summed E-state index contributed by atoms with van der Waals surface area (Å²) < 4.78 is 26.4. The van der Waals surface area contributed by atoms with Crippen LogP contribution in [0.2, 0.25) is 5.02 Å². The number of benzene rings is 1. The summed E-state index contributed by atoms with van der Waals surface area (Å²) in [7, 11) is -3.99. The number of H-pyrrole nitrogens is 1. The molecule has 1 saturated heterocycles. The minimum absolute atomic E-state index is 0.00914. The highest BCUT2D eigenvalue weighted by Gasteiger charge is 2.31. The van der Waals surface area contributed by atoms with Crippen LogP contribution >= 0.6 is 11.6 Å². The topological polar surface area (TPSA) is 99.2 Å². The normalized spacial score (nSPS) is 17.7. The van der Waals surface area contributed by atoms with Crippen molar-refractivity contribution in [1.29, 1.82) is 0 Å². The molecule has 3 aromatic rings. The summed E-state index contributed by atoms with van der Waals surface area (Å²) in [5.74, 6) is 0.490. The van der Waals surface area contributed by atoms with E-state index in [1.165, 1.54) is 6.07 Å². The van der Waals surface area contributed by atoms with E-state index < -0.39 is 9.84 Å². The summed E-state index contributed by atoms with van der Waals surface area (Å²) in [6.45, 7) is 2.48. The van der Waals surface area contributed by atoms with Crippen molar-refractivity contribution in [2.24, 2.45) is 0 Å². The van der Waals surface area contributed by atoms with Gasteiger partial charge >= 0.3 is 0 Å². The second-order valence-corrected chi connectivity index (χ2v) is 8.90. The molecule has 2 aromatic heterocycles. The van der Waals surface area contributed by atoms with Gasteiger partial charge in [-0.1, -0.05) is 17.7 Å². The summed E-state index contributed by atoms with van der Waals surface area (Å²) >= 11 is 6.16. The summed E-state index contributed by atoms with van der Waals surface area (Å²) in [6.07, 6.45) is 3.43. The molecule has 1 aliphatic rings. The van der Waals surface area contributed by atoms with Gasteiger partial charge in [-0.2, -0.15) is 4.98 Å². The van der Waals surface area contributed by atoms with E-state index in [0.717, 1.165) is 18.4 Å². The molecule has 2 N–H and O–H groups in total. The molecule has 0 amide bonds. The lowest BCUT2D eigenvalue weighted by Crippen LogP contribution is -2.33. The Morgan fingerprint density at radius 1 is 1.33 bits per heavy atom. The summed E-state index contributed by atoms with van der Waals surface area (Å²) in [5.41, 5.74) is 1.94. The van der Waals surface area contributed by atoms with Gasteiger partial charge < -0.3 is 15.0 Å². The third-order valence-electron chi connectivity index (χ3n) is 4.84. The second kappa shape index (κ2) is 6.78. The molecule has 7 nitrogen and oxygen atoms in total. The van der Waals surface area contributed by atoms with Gasteiger partial charge in [0.2, 0.25) is 9.84 Å². The van der Waals surface area contributed by atoms with Gasteiger partial charge in [-0.15, -0.1) is 0 Å². The molecule has 9 heteroatoms. The van der Waals surface area contributed by atoms with Crippen LogP contribution < -0.4 is 4.90 Å². The van der Waals surface area contributed by atoms with Crippen molar-refractivity contribution in [3.8, 4) is 0 Å². The van der Waals surface area contributed by atoms with Crippen LogP contribution in [0.3, 0.4) is 0 Å². The molecule has 3 heterocycles. The van der Waals surface area contributed by atoms with Crippen molar-refractivity contribution in [1.82, 2.24) is 15.0 Å². The Labute approximate surface area is 161 Å². The number of fused-ring (bicyclic) bond motifs is 1. The van der Waals surface area contributed by atoms with Gasteiger partial charge in [0, 0.05) is 12.7 Å². The van der Waals surface area contributed by atoms with Crippen LogP contribution in [-0.4, -0.2) is 47.7 Å². The fraction of sp³-hybridized carbons (Fsp3) is 0.333.